The molecule has 2 aliphatic rings. The second-order valence-electron chi connectivity index (χ2n) is 8.44. The molecule has 1 saturated carbocycles. The quantitative estimate of drug-likeness (QED) is 0.806. The van der Waals surface area contributed by atoms with Crippen LogP contribution in [0, 0.1) is 11.8 Å². The van der Waals surface area contributed by atoms with Gasteiger partial charge in [-0.25, -0.2) is 8.42 Å². The van der Waals surface area contributed by atoms with Crippen LogP contribution in [-0.4, -0.2) is 38.3 Å². The largest absolute Gasteiger partial charge is 0.356 e. The van der Waals surface area contributed by atoms with E-state index < -0.39 is 10.0 Å². The van der Waals surface area contributed by atoms with Gasteiger partial charge in [-0.15, -0.1) is 0 Å². The van der Waals surface area contributed by atoms with Crippen LogP contribution in [0.3, 0.4) is 0 Å². The number of nitrogens with zero attached hydrogens (tertiary/aromatic N) is 1. The lowest BCUT2D eigenvalue weighted by Gasteiger charge is -2.31. The zero-order valence-electron chi connectivity index (χ0n) is 16.8. The van der Waals surface area contributed by atoms with Gasteiger partial charge in [-0.2, -0.15) is 4.31 Å². The SMILES string of the molecule is O=C(NCC1CCCCC1)C1CCN(S(=O)(=O)c2ccc3ccccc3c2)CC1. The van der Waals surface area contributed by atoms with Crippen LogP contribution < -0.4 is 5.32 Å². The Kier molecular flexibility index (Phi) is 6.20. The molecule has 0 spiro atoms. The summed E-state index contributed by atoms with van der Waals surface area (Å²) in [6, 6.07) is 13.0. The third kappa shape index (κ3) is 4.64. The Labute approximate surface area is 173 Å². The van der Waals surface area contributed by atoms with Crippen molar-refractivity contribution in [3.63, 3.8) is 0 Å². The van der Waals surface area contributed by atoms with Crippen LogP contribution in [0.25, 0.3) is 10.8 Å². The lowest BCUT2D eigenvalue weighted by molar-refractivity contribution is -0.126. The molecule has 0 bridgehead atoms. The molecule has 2 fully saturated rings. The van der Waals surface area contributed by atoms with E-state index >= 15 is 0 Å². The van der Waals surface area contributed by atoms with E-state index in [9.17, 15) is 13.2 Å². The molecule has 5 nitrogen and oxygen atoms in total. The summed E-state index contributed by atoms with van der Waals surface area (Å²) < 4.78 is 27.7. The highest BCUT2D eigenvalue weighted by molar-refractivity contribution is 7.89. The van der Waals surface area contributed by atoms with E-state index in [0.717, 1.165) is 17.3 Å². The number of rotatable bonds is 5. The van der Waals surface area contributed by atoms with E-state index in [-0.39, 0.29) is 11.8 Å². The van der Waals surface area contributed by atoms with E-state index in [2.05, 4.69) is 5.32 Å². The van der Waals surface area contributed by atoms with Crippen LogP contribution in [0.1, 0.15) is 44.9 Å². The molecule has 6 heteroatoms. The maximum Gasteiger partial charge on any atom is 0.243 e. The van der Waals surface area contributed by atoms with Crippen molar-refractivity contribution in [2.24, 2.45) is 11.8 Å². The summed E-state index contributed by atoms with van der Waals surface area (Å²) in [4.78, 5) is 12.9. The van der Waals surface area contributed by atoms with Crippen molar-refractivity contribution in [2.75, 3.05) is 19.6 Å². The second kappa shape index (κ2) is 8.84. The first kappa shape index (κ1) is 20.4. The molecule has 156 valence electrons. The minimum atomic E-state index is -3.53. The second-order valence-corrected chi connectivity index (χ2v) is 10.4. The van der Waals surface area contributed by atoms with Crippen LogP contribution >= 0.6 is 0 Å². The Morgan fingerprint density at radius 1 is 0.931 bits per heavy atom. The Hall–Kier alpha value is -1.92. The molecule has 1 heterocycles. The van der Waals surface area contributed by atoms with Crippen LogP contribution in [0.4, 0.5) is 0 Å². The van der Waals surface area contributed by atoms with Crippen LogP contribution in [0.5, 0.6) is 0 Å². The molecule has 1 saturated heterocycles. The van der Waals surface area contributed by atoms with E-state index in [1.165, 1.54) is 36.4 Å². The summed E-state index contributed by atoms with van der Waals surface area (Å²) in [6.45, 7) is 1.57. The first-order valence-corrected chi connectivity index (χ1v) is 12.2. The van der Waals surface area contributed by atoms with Gasteiger partial charge in [0, 0.05) is 25.6 Å². The lowest BCUT2D eigenvalue weighted by Crippen LogP contribution is -2.43. The fourth-order valence-electron chi connectivity index (χ4n) is 4.62. The fourth-order valence-corrected chi connectivity index (χ4v) is 6.12. The average Bonchev–Trinajstić information content (AvgIpc) is 2.78. The van der Waals surface area contributed by atoms with Gasteiger partial charge >= 0.3 is 0 Å². The number of hydrogen-bond donors (Lipinski definition) is 1. The van der Waals surface area contributed by atoms with Crippen LogP contribution in [-0.2, 0) is 14.8 Å². The molecule has 0 unspecified atom stereocenters. The lowest BCUT2D eigenvalue weighted by atomic mass is 9.89. The van der Waals surface area contributed by atoms with E-state index in [1.807, 2.05) is 30.3 Å². The molecule has 29 heavy (non-hydrogen) atoms. The number of sulfonamides is 1. The van der Waals surface area contributed by atoms with Gasteiger partial charge < -0.3 is 5.32 Å². The number of benzene rings is 2. The molecule has 0 radical (unpaired) electrons. The summed E-state index contributed by atoms with van der Waals surface area (Å²) in [5.41, 5.74) is 0. The number of carbonyl (C=O) groups excluding carboxylic acids is 1. The van der Waals surface area contributed by atoms with E-state index in [1.54, 1.807) is 12.1 Å². The summed E-state index contributed by atoms with van der Waals surface area (Å²) >= 11 is 0. The maximum absolute atomic E-state index is 13.1. The minimum Gasteiger partial charge on any atom is -0.356 e. The highest BCUT2D eigenvalue weighted by Crippen LogP contribution is 2.27. The highest BCUT2D eigenvalue weighted by atomic mass is 32.2. The number of fused-ring (bicyclic) bond motifs is 1. The van der Waals surface area contributed by atoms with Gasteiger partial charge in [-0.1, -0.05) is 49.6 Å². The first-order chi connectivity index (χ1) is 14.0. The predicted octanol–water partition coefficient (Wildman–Crippen LogP) is 3.94. The molecular formula is C23H30N2O3S. The number of nitrogens with one attached hydrogen (secondary N) is 1. The van der Waals surface area contributed by atoms with Gasteiger partial charge in [-0.05, 0) is 54.5 Å². The van der Waals surface area contributed by atoms with Crippen molar-refractivity contribution in [1.82, 2.24) is 9.62 Å². The van der Waals surface area contributed by atoms with Crippen LogP contribution in [0.2, 0.25) is 0 Å². The van der Waals surface area contributed by atoms with Crippen molar-refractivity contribution in [2.45, 2.75) is 49.8 Å². The highest BCUT2D eigenvalue weighted by Gasteiger charge is 2.32. The maximum atomic E-state index is 13.1. The van der Waals surface area contributed by atoms with Crippen molar-refractivity contribution >= 4 is 26.7 Å². The van der Waals surface area contributed by atoms with Gasteiger partial charge in [-0.3, -0.25) is 4.79 Å². The molecule has 1 N–H and O–H groups in total. The van der Waals surface area contributed by atoms with Gasteiger partial charge in [0.05, 0.1) is 4.90 Å². The van der Waals surface area contributed by atoms with E-state index in [0.29, 0.717) is 36.7 Å². The summed E-state index contributed by atoms with van der Waals surface area (Å²) in [5.74, 6) is 0.626. The van der Waals surface area contributed by atoms with Gasteiger partial charge in [0.15, 0.2) is 0 Å². The Morgan fingerprint density at radius 2 is 1.62 bits per heavy atom. The standard InChI is InChI=1S/C23H30N2O3S/c26-23(24-17-18-6-2-1-3-7-18)20-12-14-25(15-13-20)29(27,28)22-11-10-19-8-4-5-9-21(19)16-22/h4-5,8-11,16,18,20H,1-3,6-7,12-15,17H2,(H,24,26). The molecule has 2 aromatic rings. The van der Waals surface area contributed by atoms with Crippen molar-refractivity contribution in [3.8, 4) is 0 Å². The Balaban J connectivity index is 1.34. The smallest absolute Gasteiger partial charge is 0.243 e. The molecule has 4 rings (SSSR count). The number of carbonyl (C=O) groups is 1. The number of hydrogen-bond acceptors (Lipinski definition) is 3. The summed E-state index contributed by atoms with van der Waals surface area (Å²) in [5, 5.41) is 5.07. The third-order valence-corrected chi connectivity index (χ3v) is 8.37. The Morgan fingerprint density at radius 3 is 2.34 bits per heavy atom. The van der Waals surface area contributed by atoms with Gasteiger partial charge in [0.25, 0.3) is 0 Å². The molecule has 0 atom stereocenters. The third-order valence-electron chi connectivity index (χ3n) is 6.47. The van der Waals surface area contributed by atoms with Crippen molar-refractivity contribution in [3.05, 3.63) is 42.5 Å². The number of amides is 1. The molecule has 1 amide bonds. The van der Waals surface area contributed by atoms with Gasteiger partial charge in [0.2, 0.25) is 15.9 Å². The monoisotopic (exact) mass is 414 g/mol. The predicted molar refractivity (Wildman–Crippen MR) is 115 cm³/mol. The minimum absolute atomic E-state index is 0.0818. The zero-order valence-corrected chi connectivity index (χ0v) is 17.7. The van der Waals surface area contributed by atoms with Crippen molar-refractivity contribution in [1.29, 1.82) is 0 Å². The average molecular weight is 415 g/mol. The molecule has 2 aromatic carbocycles. The van der Waals surface area contributed by atoms with Crippen LogP contribution in [0.15, 0.2) is 47.4 Å². The summed E-state index contributed by atoms with van der Waals surface area (Å²) in [6.07, 6.45) is 7.45. The first-order valence-electron chi connectivity index (χ1n) is 10.8. The van der Waals surface area contributed by atoms with Crippen molar-refractivity contribution < 1.29 is 13.2 Å². The summed E-state index contributed by atoms with van der Waals surface area (Å²) in [7, 11) is -3.53. The fraction of sp³-hybridized carbons (Fsp3) is 0.522. The zero-order chi connectivity index (χ0) is 20.3. The van der Waals surface area contributed by atoms with E-state index in [4.69, 9.17) is 0 Å². The molecule has 1 aliphatic heterocycles. The molecule has 1 aliphatic carbocycles. The molecule has 0 aromatic heterocycles. The Bertz CT molecular complexity index is 959. The van der Waals surface area contributed by atoms with Gasteiger partial charge in [0.1, 0.15) is 0 Å². The topological polar surface area (TPSA) is 66.5 Å². The molecular weight excluding hydrogens is 384 g/mol. The normalized spacial score (nSPS) is 20.0. The number of piperidine rings is 1.